The molecule has 7 heteroatoms. The van der Waals surface area contributed by atoms with Crippen LogP contribution >= 0.6 is 11.6 Å². The Labute approximate surface area is 121 Å². The van der Waals surface area contributed by atoms with Crippen LogP contribution in [0.2, 0.25) is 5.15 Å². The van der Waals surface area contributed by atoms with Gasteiger partial charge in [-0.25, -0.2) is 4.98 Å². The van der Waals surface area contributed by atoms with Gasteiger partial charge < -0.3 is 9.84 Å². The van der Waals surface area contributed by atoms with Gasteiger partial charge in [0.2, 0.25) is 5.89 Å². The monoisotopic (exact) mass is 294 g/mol. The molecule has 0 spiro atoms. The van der Waals surface area contributed by atoms with Gasteiger partial charge in [0.1, 0.15) is 5.15 Å². The number of carbonyl (C=O) groups excluding carboxylic acids is 1. The number of pyridine rings is 1. The first kappa shape index (κ1) is 14.5. The van der Waals surface area contributed by atoms with Crippen LogP contribution in [-0.2, 0) is 12.8 Å². The number of hydrogen-bond acceptors (Lipinski definition) is 5. The van der Waals surface area contributed by atoms with Crippen molar-refractivity contribution in [3.05, 3.63) is 40.3 Å². The molecule has 0 radical (unpaired) electrons. The second-order valence-corrected chi connectivity index (χ2v) is 4.65. The molecular weight excluding hydrogens is 280 g/mol. The molecule has 2 rings (SSSR count). The van der Waals surface area contributed by atoms with Crippen LogP contribution in [0.4, 0.5) is 0 Å². The Morgan fingerprint density at radius 2 is 2.20 bits per heavy atom. The van der Waals surface area contributed by atoms with Crippen molar-refractivity contribution in [1.82, 2.24) is 20.4 Å². The van der Waals surface area contributed by atoms with E-state index in [0.29, 0.717) is 35.4 Å². The lowest BCUT2D eigenvalue weighted by Gasteiger charge is -2.05. The van der Waals surface area contributed by atoms with E-state index >= 15 is 0 Å². The summed E-state index contributed by atoms with van der Waals surface area (Å²) in [5.74, 6) is 0.897. The van der Waals surface area contributed by atoms with Crippen LogP contribution < -0.4 is 5.32 Å². The van der Waals surface area contributed by atoms with E-state index < -0.39 is 0 Å². The van der Waals surface area contributed by atoms with E-state index in [1.165, 1.54) is 0 Å². The molecule has 6 nitrogen and oxygen atoms in total. The van der Waals surface area contributed by atoms with Crippen molar-refractivity contribution in [3.8, 4) is 0 Å². The van der Waals surface area contributed by atoms with Crippen molar-refractivity contribution in [2.45, 2.75) is 26.7 Å². The zero-order valence-electron chi connectivity index (χ0n) is 11.3. The first-order valence-electron chi connectivity index (χ1n) is 6.32. The van der Waals surface area contributed by atoms with Gasteiger partial charge in [-0.2, -0.15) is 4.98 Å². The normalized spacial score (nSPS) is 10.6. The smallest absolute Gasteiger partial charge is 0.251 e. The highest BCUT2D eigenvalue weighted by atomic mass is 35.5. The van der Waals surface area contributed by atoms with Crippen molar-refractivity contribution < 1.29 is 9.32 Å². The molecule has 0 aliphatic rings. The van der Waals surface area contributed by atoms with Crippen LogP contribution in [0.25, 0.3) is 0 Å². The molecule has 2 heterocycles. The van der Waals surface area contributed by atoms with Crippen molar-refractivity contribution >= 4 is 17.5 Å². The zero-order valence-corrected chi connectivity index (χ0v) is 12.1. The Morgan fingerprint density at radius 1 is 1.40 bits per heavy atom. The maximum Gasteiger partial charge on any atom is 0.251 e. The molecular formula is C13H15ClN4O2. The third-order valence-corrected chi connectivity index (χ3v) is 2.87. The third-order valence-electron chi connectivity index (χ3n) is 2.68. The highest BCUT2D eigenvalue weighted by Crippen LogP contribution is 2.11. The summed E-state index contributed by atoms with van der Waals surface area (Å²) in [5, 5.41) is 6.87. The van der Waals surface area contributed by atoms with Crippen LogP contribution in [0, 0.1) is 6.92 Å². The van der Waals surface area contributed by atoms with E-state index in [1.54, 1.807) is 19.1 Å². The number of hydrogen-bond donors (Lipinski definition) is 1. The van der Waals surface area contributed by atoms with Crippen molar-refractivity contribution in [2.75, 3.05) is 6.54 Å². The molecule has 0 aromatic carbocycles. The highest BCUT2D eigenvalue weighted by molar-refractivity contribution is 6.29. The number of amides is 1. The van der Waals surface area contributed by atoms with Crippen LogP contribution in [0.15, 0.2) is 16.7 Å². The van der Waals surface area contributed by atoms with Crippen LogP contribution in [0.3, 0.4) is 0 Å². The Kier molecular flexibility index (Phi) is 4.68. The first-order chi connectivity index (χ1) is 9.58. The standard InChI is InChI=1S/C13H15ClN4O2/c1-3-10-6-9(7-11(14)17-10)13(19)15-5-4-12-16-8(2)20-18-12/h6-7H,3-5H2,1-2H3,(H,15,19). The number of nitrogens with one attached hydrogen (secondary N) is 1. The summed E-state index contributed by atoms with van der Waals surface area (Å²) in [7, 11) is 0. The van der Waals surface area contributed by atoms with Gasteiger partial charge in [-0.1, -0.05) is 23.7 Å². The van der Waals surface area contributed by atoms with Gasteiger partial charge in [0.05, 0.1) is 0 Å². The van der Waals surface area contributed by atoms with Crippen molar-refractivity contribution in [1.29, 1.82) is 0 Å². The molecule has 0 fully saturated rings. The minimum atomic E-state index is -0.191. The first-order valence-corrected chi connectivity index (χ1v) is 6.70. The van der Waals surface area contributed by atoms with Gasteiger partial charge in [0.15, 0.2) is 5.82 Å². The minimum Gasteiger partial charge on any atom is -0.352 e. The molecule has 0 aliphatic carbocycles. The summed E-state index contributed by atoms with van der Waals surface area (Å²) >= 11 is 5.88. The van der Waals surface area contributed by atoms with Crippen molar-refractivity contribution in [3.63, 3.8) is 0 Å². The molecule has 0 saturated carbocycles. The van der Waals surface area contributed by atoms with Gasteiger partial charge in [-0.05, 0) is 18.6 Å². The predicted octanol–water partition coefficient (Wildman–Crippen LogP) is 1.96. The minimum absolute atomic E-state index is 0.191. The van der Waals surface area contributed by atoms with Crippen molar-refractivity contribution in [2.24, 2.45) is 0 Å². The quantitative estimate of drug-likeness (QED) is 0.853. The molecule has 1 amide bonds. The third kappa shape index (κ3) is 3.77. The second kappa shape index (κ2) is 6.47. The predicted molar refractivity (Wildman–Crippen MR) is 73.7 cm³/mol. The van der Waals surface area contributed by atoms with E-state index in [4.69, 9.17) is 16.1 Å². The summed E-state index contributed by atoms with van der Waals surface area (Å²) in [6, 6.07) is 3.29. The molecule has 2 aromatic rings. The Morgan fingerprint density at radius 3 is 2.85 bits per heavy atom. The van der Waals surface area contributed by atoms with E-state index in [2.05, 4.69) is 20.4 Å². The van der Waals surface area contributed by atoms with Gasteiger partial charge in [-0.3, -0.25) is 4.79 Å². The van der Waals surface area contributed by atoms with Crippen LogP contribution in [0.5, 0.6) is 0 Å². The Balaban J connectivity index is 1.93. The molecule has 0 atom stereocenters. The van der Waals surface area contributed by atoms with Gasteiger partial charge in [0.25, 0.3) is 5.91 Å². The lowest BCUT2D eigenvalue weighted by molar-refractivity contribution is 0.0953. The van der Waals surface area contributed by atoms with E-state index in [0.717, 1.165) is 12.1 Å². The van der Waals surface area contributed by atoms with E-state index in [-0.39, 0.29) is 5.91 Å². The lowest BCUT2D eigenvalue weighted by Crippen LogP contribution is -2.26. The maximum absolute atomic E-state index is 12.0. The molecule has 0 bridgehead atoms. The molecule has 0 unspecified atom stereocenters. The maximum atomic E-state index is 12.0. The summed E-state index contributed by atoms with van der Waals surface area (Å²) in [5.41, 5.74) is 1.29. The fourth-order valence-corrected chi connectivity index (χ4v) is 1.92. The molecule has 20 heavy (non-hydrogen) atoms. The largest absolute Gasteiger partial charge is 0.352 e. The number of nitrogens with zero attached hydrogens (tertiary/aromatic N) is 3. The summed E-state index contributed by atoms with van der Waals surface area (Å²) < 4.78 is 4.85. The second-order valence-electron chi connectivity index (χ2n) is 4.26. The molecule has 2 aromatic heterocycles. The molecule has 106 valence electrons. The Hall–Kier alpha value is -1.95. The number of halogens is 1. The van der Waals surface area contributed by atoms with Crippen LogP contribution in [-0.4, -0.2) is 27.6 Å². The summed E-state index contributed by atoms with van der Waals surface area (Å²) in [6.07, 6.45) is 1.24. The van der Waals surface area contributed by atoms with Gasteiger partial charge in [0, 0.05) is 31.1 Å². The molecule has 1 N–H and O–H groups in total. The number of aromatic nitrogens is 3. The average molecular weight is 295 g/mol. The fourth-order valence-electron chi connectivity index (χ4n) is 1.70. The van der Waals surface area contributed by atoms with Gasteiger partial charge in [-0.15, -0.1) is 0 Å². The SMILES string of the molecule is CCc1cc(C(=O)NCCc2noc(C)n2)cc(Cl)n1. The van der Waals surface area contributed by atoms with E-state index in [9.17, 15) is 4.79 Å². The molecule has 0 saturated heterocycles. The summed E-state index contributed by atoms with van der Waals surface area (Å²) in [6.45, 7) is 4.11. The topological polar surface area (TPSA) is 80.9 Å². The zero-order chi connectivity index (χ0) is 14.5. The number of aryl methyl sites for hydroxylation is 2. The molecule has 0 aliphatic heterocycles. The average Bonchev–Trinajstić information content (AvgIpc) is 2.83. The number of rotatable bonds is 5. The lowest BCUT2D eigenvalue weighted by atomic mass is 10.2. The fraction of sp³-hybridized carbons (Fsp3) is 0.385. The van der Waals surface area contributed by atoms with Gasteiger partial charge >= 0.3 is 0 Å². The highest BCUT2D eigenvalue weighted by Gasteiger charge is 2.09. The van der Waals surface area contributed by atoms with E-state index in [1.807, 2.05) is 6.92 Å². The summed E-state index contributed by atoms with van der Waals surface area (Å²) in [4.78, 5) is 20.2. The number of carbonyl (C=O) groups is 1. The van der Waals surface area contributed by atoms with Crippen LogP contribution in [0.1, 0.15) is 34.7 Å². The Bertz CT molecular complexity index is 612.